The van der Waals surface area contributed by atoms with Crippen molar-refractivity contribution < 1.29 is 14.8 Å². The van der Waals surface area contributed by atoms with Crippen LogP contribution in [-0.4, -0.2) is 23.7 Å². The Morgan fingerprint density at radius 3 is 2.52 bits per heavy atom. The van der Waals surface area contributed by atoms with Crippen LogP contribution in [0.25, 0.3) is 0 Å². The number of nitrogens with zero attached hydrogens (tertiary/aromatic N) is 1. The molecule has 0 aliphatic rings. The molecule has 21 heavy (non-hydrogen) atoms. The molecule has 6 nitrogen and oxygen atoms in total. The highest BCUT2D eigenvalue weighted by Crippen LogP contribution is 2.31. The normalized spacial score (nSPS) is 10.2. The molecule has 2 aromatic rings. The number of methoxy groups -OCH3 is 1. The number of ether oxygens (including phenoxy) is 1. The van der Waals surface area contributed by atoms with Crippen LogP contribution in [0.1, 0.15) is 5.56 Å². The number of nitro groups is 1. The standard InChI is InChI=1S/C15H16N2O4/c1-21-13-6-7-14(15(10-13)17(19)20)16-12-4-2-11(3-5-12)8-9-18/h2-7,10,16,18H,8-9H2,1H3. The minimum atomic E-state index is -0.453. The van der Waals surface area contributed by atoms with Crippen molar-refractivity contribution >= 4 is 17.1 Å². The predicted molar refractivity (Wildman–Crippen MR) is 80.2 cm³/mol. The topological polar surface area (TPSA) is 84.6 Å². The first-order valence-electron chi connectivity index (χ1n) is 6.43. The van der Waals surface area contributed by atoms with Crippen LogP contribution in [0.4, 0.5) is 17.1 Å². The smallest absolute Gasteiger partial charge is 0.296 e. The quantitative estimate of drug-likeness (QED) is 0.630. The third kappa shape index (κ3) is 3.70. The Morgan fingerprint density at radius 1 is 1.24 bits per heavy atom. The molecule has 0 saturated heterocycles. The Hall–Kier alpha value is -2.60. The van der Waals surface area contributed by atoms with Crippen LogP contribution in [-0.2, 0) is 6.42 Å². The zero-order valence-electron chi connectivity index (χ0n) is 11.6. The summed E-state index contributed by atoms with van der Waals surface area (Å²) in [4.78, 5) is 10.6. The van der Waals surface area contributed by atoms with Gasteiger partial charge in [0.1, 0.15) is 11.4 Å². The molecule has 0 spiro atoms. The van der Waals surface area contributed by atoms with E-state index in [4.69, 9.17) is 9.84 Å². The van der Waals surface area contributed by atoms with Gasteiger partial charge in [-0.15, -0.1) is 0 Å². The molecular formula is C15H16N2O4. The van der Waals surface area contributed by atoms with E-state index in [0.717, 1.165) is 11.3 Å². The molecule has 2 aromatic carbocycles. The fourth-order valence-corrected chi connectivity index (χ4v) is 1.93. The van der Waals surface area contributed by atoms with Gasteiger partial charge in [0.15, 0.2) is 0 Å². The Balaban J connectivity index is 2.24. The summed E-state index contributed by atoms with van der Waals surface area (Å²) in [6.07, 6.45) is 0.586. The highest BCUT2D eigenvalue weighted by atomic mass is 16.6. The van der Waals surface area contributed by atoms with Crippen LogP contribution in [0.2, 0.25) is 0 Å². The van der Waals surface area contributed by atoms with E-state index in [1.165, 1.54) is 13.2 Å². The maximum Gasteiger partial charge on any atom is 0.296 e. The lowest BCUT2D eigenvalue weighted by Gasteiger charge is -2.09. The molecule has 0 unspecified atom stereocenters. The Morgan fingerprint density at radius 2 is 1.95 bits per heavy atom. The van der Waals surface area contributed by atoms with Crippen molar-refractivity contribution in [3.8, 4) is 5.75 Å². The number of benzene rings is 2. The van der Waals surface area contributed by atoms with E-state index in [9.17, 15) is 10.1 Å². The fourth-order valence-electron chi connectivity index (χ4n) is 1.93. The molecule has 0 radical (unpaired) electrons. The number of hydrogen-bond donors (Lipinski definition) is 2. The minimum Gasteiger partial charge on any atom is -0.496 e. The summed E-state index contributed by atoms with van der Waals surface area (Å²) < 4.78 is 5.00. The Bertz CT molecular complexity index is 626. The lowest BCUT2D eigenvalue weighted by atomic mass is 10.1. The second-order valence-electron chi connectivity index (χ2n) is 4.44. The van der Waals surface area contributed by atoms with Crippen molar-refractivity contribution in [3.05, 3.63) is 58.1 Å². The summed E-state index contributed by atoms with van der Waals surface area (Å²) in [6, 6.07) is 12.0. The summed E-state index contributed by atoms with van der Waals surface area (Å²) in [5, 5.41) is 23.0. The van der Waals surface area contributed by atoms with Crippen molar-refractivity contribution in [2.24, 2.45) is 0 Å². The number of aliphatic hydroxyl groups excluding tert-OH is 1. The first kappa shape index (κ1) is 14.8. The molecule has 0 heterocycles. The van der Waals surface area contributed by atoms with Gasteiger partial charge in [-0.3, -0.25) is 10.1 Å². The van der Waals surface area contributed by atoms with Gasteiger partial charge in [0, 0.05) is 12.3 Å². The fraction of sp³-hybridized carbons (Fsp3) is 0.200. The molecule has 0 bridgehead atoms. The van der Waals surface area contributed by atoms with Crippen molar-refractivity contribution in [1.82, 2.24) is 0 Å². The lowest BCUT2D eigenvalue weighted by Crippen LogP contribution is -1.98. The summed E-state index contributed by atoms with van der Waals surface area (Å²) >= 11 is 0. The molecule has 0 saturated carbocycles. The van der Waals surface area contributed by atoms with E-state index in [1.807, 2.05) is 24.3 Å². The van der Waals surface area contributed by atoms with Crippen molar-refractivity contribution in [2.45, 2.75) is 6.42 Å². The van der Waals surface area contributed by atoms with Crippen molar-refractivity contribution in [3.63, 3.8) is 0 Å². The van der Waals surface area contributed by atoms with Crippen LogP contribution >= 0.6 is 0 Å². The lowest BCUT2D eigenvalue weighted by molar-refractivity contribution is -0.384. The van der Waals surface area contributed by atoms with Gasteiger partial charge in [0.2, 0.25) is 0 Å². The van der Waals surface area contributed by atoms with Crippen LogP contribution < -0.4 is 10.1 Å². The number of nitrogens with one attached hydrogen (secondary N) is 1. The van der Waals surface area contributed by atoms with E-state index in [2.05, 4.69) is 5.32 Å². The van der Waals surface area contributed by atoms with E-state index in [0.29, 0.717) is 17.9 Å². The van der Waals surface area contributed by atoms with Crippen LogP contribution in [0, 0.1) is 10.1 Å². The number of rotatable bonds is 6. The maximum atomic E-state index is 11.1. The number of aliphatic hydroxyl groups is 1. The van der Waals surface area contributed by atoms with Gasteiger partial charge in [0.05, 0.1) is 18.1 Å². The van der Waals surface area contributed by atoms with Gasteiger partial charge in [-0.05, 0) is 36.2 Å². The van der Waals surface area contributed by atoms with Gasteiger partial charge >= 0.3 is 0 Å². The van der Waals surface area contributed by atoms with Gasteiger partial charge in [-0.1, -0.05) is 12.1 Å². The molecule has 0 fully saturated rings. The van der Waals surface area contributed by atoms with Gasteiger partial charge in [-0.2, -0.15) is 0 Å². The summed E-state index contributed by atoms with van der Waals surface area (Å²) in [7, 11) is 1.46. The highest BCUT2D eigenvalue weighted by molar-refractivity contribution is 5.70. The molecule has 0 aliphatic carbocycles. The van der Waals surface area contributed by atoms with Crippen LogP contribution in [0.5, 0.6) is 5.75 Å². The predicted octanol–water partition coefficient (Wildman–Crippen LogP) is 2.88. The first-order valence-corrected chi connectivity index (χ1v) is 6.43. The number of anilines is 2. The van der Waals surface area contributed by atoms with Crippen LogP contribution in [0.15, 0.2) is 42.5 Å². The third-order valence-electron chi connectivity index (χ3n) is 3.04. The Labute approximate surface area is 122 Å². The molecule has 6 heteroatoms. The monoisotopic (exact) mass is 288 g/mol. The van der Waals surface area contributed by atoms with Gasteiger partial charge < -0.3 is 15.2 Å². The molecule has 0 aliphatic heterocycles. The number of hydrogen-bond acceptors (Lipinski definition) is 5. The second-order valence-corrected chi connectivity index (χ2v) is 4.44. The Kier molecular flexibility index (Phi) is 4.73. The van der Waals surface area contributed by atoms with Crippen molar-refractivity contribution in [2.75, 3.05) is 19.0 Å². The van der Waals surface area contributed by atoms with Crippen molar-refractivity contribution in [1.29, 1.82) is 0 Å². The molecule has 0 amide bonds. The third-order valence-corrected chi connectivity index (χ3v) is 3.04. The largest absolute Gasteiger partial charge is 0.496 e. The zero-order valence-corrected chi connectivity index (χ0v) is 11.6. The van der Waals surface area contributed by atoms with E-state index in [1.54, 1.807) is 12.1 Å². The average Bonchev–Trinajstić information content (AvgIpc) is 2.49. The maximum absolute atomic E-state index is 11.1. The molecule has 0 aromatic heterocycles. The molecule has 2 N–H and O–H groups in total. The second kappa shape index (κ2) is 6.71. The van der Waals surface area contributed by atoms with E-state index < -0.39 is 4.92 Å². The van der Waals surface area contributed by atoms with E-state index >= 15 is 0 Å². The molecule has 2 rings (SSSR count). The first-order chi connectivity index (χ1) is 10.1. The molecule has 110 valence electrons. The average molecular weight is 288 g/mol. The van der Waals surface area contributed by atoms with Gasteiger partial charge in [-0.25, -0.2) is 0 Å². The summed E-state index contributed by atoms with van der Waals surface area (Å²) in [5.41, 5.74) is 2.10. The highest BCUT2D eigenvalue weighted by Gasteiger charge is 2.15. The summed E-state index contributed by atoms with van der Waals surface area (Å²) in [6.45, 7) is 0.0940. The molecule has 0 atom stereocenters. The van der Waals surface area contributed by atoms with Crippen LogP contribution in [0.3, 0.4) is 0 Å². The summed E-state index contributed by atoms with van der Waals surface area (Å²) in [5.74, 6) is 0.436. The molecular weight excluding hydrogens is 272 g/mol. The minimum absolute atomic E-state index is 0.0474. The van der Waals surface area contributed by atoms with E-state index in [-0.39, 0.29) is 12.3 Å². The SMILES string of the molecule is COc1ccc(Nc2ccc(CCO)cc2)c([N+](=O)[O-])c1. The zero-order chi connectivity index (χ0) is 15.2. The van der Waals surface area contributed by atoms with Gasteiger partial charge in [0.25, 0.3) is 5.69 Å². The number of nitro benzene ring substituents is 1.